The van der Waals surface area contributed by atoms with Gasteiger partial charge in [0.25, 0.3) is 17.7 Å². The minimum absolute atomic E-state index is 0.119. The topological polar surface area (TPSA) is 82.6 Å². The van der Waals surface area contributed by atoms with E-state index in [-0.39, 0.29) is 36.0 Å². The van der Waals surface area contributed by atoms with E-state index in [2.05, 4.69) is 10.3 Å². The van der Waals surface area contributed by atoms with Crippen LogP contribution in [-0.2, 0) is 6.42 Å². The molecule has 0 unspecified atom stereocenters. The first kappa shape index (κ1) is 28.3. The summed E-state index contributed by atoms with van der Waals surface area (Å²) in [6.45, 7) is 0.107. The quantitative estimate of drug-likeness (QED) is 0.225. The lowest BCUT2D eigenvalue weighted by Crippen LogP contribution is -2.32. The number of rotatable bonds is 7. The molecule has 0 radical (unpaired) electrons. The molecule has 2 fully saturated rings. The normalized spacial score (nSPS) is 17.0. The highest BCUT2D eigenvalue weighted by Gasteiger charge is 2.40. The fraction of sp³-hybridized carbons (Fsp3) is 0.294. The van der Waals surface area contributed by atoms with Crippen molar-refractivity contribution in [1.82, 2.24) is 4.98 Å². The summed E-state index contributed by atoms with van der Waals surface area (Å²) in [5, 5.41) is 2.81. The first-order valence-corrected chi connectivity index (χ1v) is 15.6. The van der Waals surface area contributed by atoms with Crippen LogP contribution in [0, 0.1) is 5.92 Å². The van der Waals surface area contributed by atoms with Crippen molar-refractivity contribution in [3.05, 3.63) is 94.5 Å². The minimum atomic E-state index is -2.81. The summed E-state index contributed by atoms with van der Waals surface area (Å²) in [6.07, 6.45) is 4.72. The summed E-state index contributed by atoms with van der Waals surface area (Å²) >= 11 is 1.52. The average Bonchev–Trinajstić information content (AvgIpc) is 3.66. The van der Waals surface area contributed by atoms with Gasteiger partial charge in [0.1, 0.15) is 5.82 Å². The number of aromatic nitrogens is 1. The van der Waals surface area contributed by atoms with Crippen LogP contribution < -0.4 is 15.1 Å². The molecule has 4 aromatic rings. The zero-order valence-electron chi connectivity index (χ0n) is 23.9. The summed E-state index contributed by atoms with van der Waals surface area (Å²) < 4.78 is 27.7. The van der Waals surface area contributed by atoms with Gasteiger partial charge in [0.15, 0.2) is 5.78 Å². The minimum Gasteiger partial charge on any atom is -0.350 e. The SMILES string of the molecule is O=C(CC1CC1)c1cc2c(s1)-c1ccccc1N(C(=O)c1ccc(NC(=O)c3cccnc3N3CCC(F)(F)C3)cc1)CC2. The number of Topliss-reactive ketones (excluding diaryl/α,β-unsaturated/α-hetero) is 1. The summed E-state index contributed by atoms with van der Waals surface area (Å²) in [5.41, 5.74) is 3.96. The molecule has 7 rings (SSSR count). The highest BCUT2D eigenvalue weighted by Crippen LogP contribution is 2.43. The number of amides is 2. The van der Waals surface area contributed by atoms with Crippen LogP contribution in [-0.4, -0.2) is 48.1 Å². The lowest BCUT2D eigenvalue weighted by Gasteiger charge is -2.23. The Hall–Kier alpha value is -4.44. The Morgan fingerprint density at radius 3 is 2.55 bits per heavy atom. The predicted molar refractivity (Wildman–Crippen MR) is 167 cm³/mol. The van der Waals surface area contributed by atoms with Gasteiger partial charge >= 0.3 is 0 Å². The largest absolute Gasteiger partial charge is 0.350 e. The number of carbonyl (C=O) groups excluding carboxylic acids is 3. The number of alkyl halides is 2. The number of fused-ring (bicyclic) bond motifs is 3. The Kier molecular flexibility index (Phi) is 7.24. The molecular formula is C34H30F2N4O3S. The Bertz CT molecular complexity index is 1770. The van der Waals surface area contributed by atoms with Crippen LogP contribution in [0.3, 0.4) is 0 Å². The maximum absolute atomic E-state index is 13.8. The number of pyridine rings is 1. The van der Waals surface area contributed by atoms with Gasteiger partial charge in [-0.2, -0.15) is 0 Å². The summed E-state index contributed by atoms with van der Waals surface area (Å²) in [7, 11) is 0. The average molecular weight is 613 g/mol. The summed E-state index contributed by atoms with van der Waals surface area (Å²) in [6, 6.07) is 19.6. The number of ketones is 1. The first-order chi connectivity index (χ1) is 21.3. The zero-order chi connectivity index (χ0) is 30.4. The van der Waals surface area contributed by atoms with E-state index in [9.17, 15) is 23.2 Å². The highest BCUT2D eigenvalue weighted by molar-refractivity contribution is 7.17. The van der Waals surface area contributed by atoms with Gasteiger partial charge in [-0.05, 0) is 79.3 Å². The maximum Gasteiger partial charge on any atom is 0.266 e. The number of carbonyl (C=O) groups is 3. The number of anilines is 3. The molecule has 224 valence electrons. The van der Waals surface area contributed by atoms with E-state index in [1.807, 2.05) is 30.3 Å². The van der Waals surface area contributed by atoms with E-state index in [4.69, 9.17) is 0 Å². The van der Waals surface area contributed by atoms with Crippen LogP contribution >= 0.6 is 11.3 Å². The van der Waals surface area contributed by atoms with Gasteiger partial charge < -0.3 is 15.1 Å². The van der Waals surface area contributed by atoms with Gasteiger partial charge in [0.05, 0.1) is 22.7 Å². The second-order valence-electron chi connectivity index (χ2n) is 11.7. The fourth-order valence-corrected chi connectivity index (χ4v) is 7.12. The molecule has 3 aliphatic rings. The van der Waals surface area contributed by atoms with E-state index in [1.165, 1.54) is 22.4 Å². The van der Waals surface area contributed by atoms with E-state index in [1.54, 1.807) is 41.3 Å². The molecule has 2 aliphatic heterocycles. The van der Waals surface area contributed by atoms with Crippen molar-refractivity contribution >= 4 is 46.1 Å². The van der Waals surface area contributed by atoms with Gasteiger partial charge in [-0.3, -0.25) is 14.4 Å². The van der Waals surface area contributed by atoms with Gasteiger partial charge in [-0.25, -0.2) is 13.8 Å². The molecule has 10 heteroatoms. The molecule has 7 nitrogen and oxygen atoms in total. The fourth-order valence-electron chi connectivity index (χ4n) is 5.92. The molecule has 0 spiro atoms. The molecule has 44 heavy (non-hydrogen) atoms. The van der Waals surface area contributed by atoms with E-state index < -0.39 is 18.4 Å². The lowest BCUT2D eigenvalue weighted by molar-refractivity contribution is 0.0256. The van der Waals surface area contributed by atoms with Crippen LogP contribution in [0.2, 0.25) is 0 Å². The van der Waals surface area contributed by atoms with Crippen LogP contribution in [0.25, 0.3) is 10.4 Å². The third-order valence-electron chi connectivity index (χ3n) is 8.43. The lowest BCUT2D eigenvalue weighted by atomic mass is 10.1. The Morgan fingerprint density at radius 1 is 1.00 bits per heavy atom. The number of para-hydroxylation sites is 1. The Balaban J connectivity index is 1.08. The van der Waals surface area contributed by atoms with Crippen molar-refractivity contribution in [3.8, 4) is 10.4 Å². The third-order valence-corrected chi connectivity index (χ3v) is 9.69. The second-order valence-corrected chi connectivity index (χ2v) is 12.7. The molecule has 2 aromatic heterocycles. The number of halogens is 2. The Labute approximate surface area is 257 Å². The Morgan fingerprint density at radius 2 is 1.80 bits per heavy atom. The molecule has 0 bridgehead atoms. The van der Waals surface area contributed by atoms with Gasteiger partial charge in [0.2, 0.25) is 0 Å². The molecule has 4 heterocycles. The molecule has 0 atom stereocenters. The van der Waals surface area contributed by atoms with Crippen LogP contribution in [0.5, 0.6) is 0 Å². The highest BCUT2D eigenvalue weighted by atomic mass is 32.1. The number of benzene rings is 2. The summed E-state index contributed by atoms with van der Waals surface area (Å²) in [4.78, 5) is 49.0. The van der Waals surface area contributed by atoms with E-state index in [0.717, 1.165) is 39.4 Å². The molecule has 1 aliphatic carbocycles. The molecule has 2 amide bonds. The smallest absolute Gasteiger partial charge is 0.266 e. The number of nitrogens with one attached hydrogen (secondary N) is 1. The molecular weight excluding hydrogens is 582 g/mol. The van der Waals surface area contributed by atoms with Crippen molar-refractivity contribution in [2.24, 2.45) is 5.92 Å². The maximum atomic E-state index is 13.8. The number of hydrogen-bond acceptors (Lipinski definition) is 6. The van der Waals surface area contributed by atoms with E-state index in [0.29, 0.717) is 36.6 Å². The number of nitrogens with zero attached hydrogens (tertiary/aromatic N) is 3. The number of thiophene rings is 1. The monoisotopic (exact) mass is 612 g/mol. The molecule has 1 saturated carbocycles. The van der Waals surface area contributed by atoms with Gasteiger partial charge in [0, 0.05) is 53.8 Å². The van der Waals surface area contributed by atoms with Crippen LogP contribution in [0.4, 0.5) is 26.0 Å². The third kappa shape index (κ3) is 5.61. The van der Waals surface area contributed by atoms with Crippen LogP contribution in [0.15, 0.2) is 72.9 Å². The first-order valence-electron chi connectivity index (χ1n) is 14.8. The van der Waals surface area contributed by atoms with Crippen molar-refractivity contribution in [2.45, 2.75) is 38.0 Å². The van der Waals surface area contributed by atoms with Gasteiger partial charge in [-0.1, -0.05) is 18.2 Å². The standard InChI is InChI=1S/C34H30F2N4O3S/c35-34(36)14-17-39(20-34)31-26(5-3-15-37-31)32(42)38-24-11-9-22(10-12-24)33(43)40-16-13-23-19-29(28(41)18-21-7-8-21)44-30(23)25-4-1-2-6-27(25)40/h1-6,9-12,15,19,21H,7-8,13-14,16-18,20H2,(H,38,42). The molecule has 1 saturated heterocycles. The summed E-state index contributed by atoms with van der Waals surface area (Å²) in [5.74, 6) is -2.49. The van der Waals surface area contributed by atoms with Crippen LogP contribution in [0.1, 0.15) is 61.6 Å². The van der Waals surface area contributed by atoms with Crippen molar-refractivity contribution in [1.29, 1.82) is 0 Å². The molecule has 1 N–H and O–H groups in total. The second kappa shape index (κ2) is 11.2. The predicted octanol–water partition coefficient (Wildman–Crippen LogP) is 7.09. The van der Waals surface area contributed by atoms with Crippen molar-refractivity contribution < 1.29 is 23.2 Å². The molecule has 2 aromatic carbocycles. The van der Waals surface area contributed by atoms with Crippen molar-refractivity contribution in [3.63, 3.8) is 0 Å². The van der Waals surface area contributed by atoms with Gasteiger partial charge in [-0.15, -0.1) is 11.3 Å². The number of hydrogen-bond donors (Lipinski definition) is 1. The van der Waals surface area contributed by atoms with Crippen molar-refractivity contribution in [2.75, 3.05) is 34.8 Å². The van der Waals surface area contributed by atoms with E-state index >= 15 is 0 Å². The zero-order valence-corrected chi connectivity index (χ0v) is 24.7.